The fraction of sp³-hybridized carbons (Fsp3) is 0.0769. The minimum atomic E-state index is 0.775. The molecular weight excluding hydrogens is 232 g/mol. The van der Waals surface area contributed by atoms with Crippen molar-refractivity contribution in [2.45, 2.75) is 5.03 Å². The summed E-state index contributed by atoms with van der Waals surface area (Å²) in [6.07, 6.45) is 3.23. The van der Waals surface area contributed by atoms with Crippen molar-refractivity contribution in [3.63, 3.8) is 0 Å². The number of fused-ring (bicyclic) bond motifs is 1. The number of thioether (sulfide) groups is 1. The maximum atomic E-state index is 8.65. The molecule has 2 rings (SSSR count). The van der Waals surface area contributed by atoms with Crippen LogP contribution in [0.5, 0.6) is 0 Å². The van der Waals surface area contributed by atoms with Crippen molar-refractivity contribution in [1.29, 1.82) is 0 Å². The summed E-state index contributed by atoms with van der Waals surface area (Å²) in [5.41, 5.74) is 1.76. The van der Waals surface area contributed by atoms with E-state index in [0.29, 0.717) is 0 Å². The van der Waals surface area contributed by atoms with E-state index in [4.69, 9.17) is 5.21 Å². The lowest BCUT2D eigenvalue weighted by atomic mass is 10.2. The molecule has 0 aliphatic heterocycles. The summed E-state index contributed by atoms with van der Waals surface area (Å²) < 4.78 is 0. The average molecular weight is 244 g/mol. The third-order valence-electron chi connectivity index (χ3n) is 2.25. The molecule has 17 heavy (non-hydrogen) atoms. The standard InChI is InChI=1S/C13H12N2OS/c1-2-7-17-13-11(9-14-16)8-10-5-3-4-6-12(10)15-13/h2-6,8-9,16H,1,7H2/b14-9+. The monoisotopic (exact) mass is 244 g/mol. The zero-order valence-electron chi connectivity index (χ0n) is 9.21. The second-order valence-corrected chi connectivity index (χ2v) is 4.43. The second-order valence-electron chi connectivity index (χ2n) is 3.42. The van der Waals surface area contributed by atoms with Gasteiger partial charge >= 0.3 is 0 Å². The third kappa shape index (κ3) is 2.65. The van der Waals surface area contributed by atoms with Crippen LogP contribution in [-0.4, -0.2) is 22.2 Å². The molecule has 3 nitrogen and oxygen atoms in total. The Morgan fingerprint density at radius 2 is 2.24 bits per heavy atom. The van der Waals surface area contributed by atoms with Crippen LogP contribution in [0.25, 0.3) is 10.9 Å². The van der Waals surface area contributed by atoms with Crippen molar-refractivity contribution in [2.24, 2.45) is 5.16 Å². The Hall–Kier alpha value is -1.81. The molecular formula is C13H12N2OS. The second kappa shape index (κ2) is 5.50. The number of aromatic nitrogens is 1. The molecule has 0 saturated carbocycles. The quantitative estimate of drug-likeness (QED) is 0.295. The summed E-state index contributed by atoms with van der Waals surface area (Å²) in [4.78, 5) is 4.54. The largest absolute Gasteiger partial charge is 0.411 e. The SMILES string of the molecule is C=CCSc1nc2ccccc2cc1/C=N/O. The highest BCUT2D eigenvalue weighted by molar-refractivity contribution is 7.99. The predicted octanol–water partition coefficient (Wildman–Crippen LogP) is 3.32. The van der Waals surface area contributed by atoms with Gasteiger partial charge in [0.25, 0.3) is 0 Å². The summed E-state index contributed by atoms with van der Waals surface area (Å²) >= 11 is 1.57. The van der Waals surface area contributed by atoms with E-state index in [9.17, 15) is 0 Å². The van der Waals surface area contributed by atoms with Gasteiger partial charge < -0.3 is 5.21 Å². The molecule has 0 atom stereocenters. The molecule has 2 aromatic rings. The third-order valence-corrected chi connectivity index (χ3v) is 3.25. The van der Waals surface area contributed by atoms with Crippen LogP contribution in [-0.2, 0) is 0 Å². The lowest BCUT2D eigenvalue weighted by Gasteiger charge is -2.05. The molecule has 1 heterocycles. The zero-order chi connectivity index (χ0) is 12.1. The molecule has 0 spiro atoms. The van der Waals surface area contributed by atoms with Gasteiger partial charge in [-0.05, 0) is 12.1 Å². The van der Waals surface area contributed by atoms with Gasteiger partial charge in [-0.25, -0.2) is 4.98 Å². The van der Waals surface area contributed by atoms with Crippen LogP contribution in [0.15, 0.2) is 53.2 Å². The number of pyridine rings is 1. The molecule has 0 fully saturated rings. The van der Waals surface area contributed by atoms with Gasteiger partial charge in [-0.15, -0.1) is 18.3 Å². The van der Waals surface area contributed by atoms with Crippen LogP contribution in [0.1, 0.15) is 5.56 Å². The Bertz CT molecular complexity index is 566. The van der Waals surface area contributed by atoms with Gasteiger partial charge in [0.1, 0.15) is 5.03 Å². The first-order valence-electron chi connectivity index (χ1n) is 5.16. The average Bonchev–Trinajstić information content (AvgIpc) is 2.36. The molecule has 0 unspecified atom stereocenters. The summed E-state index contributed by atoms with van der Waals surface area (Å²) in [6, 6.07) is 9.83. The molecule has 0 bridgehead atoms. The van der Waals surface area contributed by atoms with Gasteiger partial charge in [-0.3, -0.25) is 0 Å². The van der Waals surface area contributed by atoms with Gasteiger partial charge in [0.15, 0.2) is 0 Å². The number of oxime groups is 1. The molecule has 0 amide bonds. The Balaban J connectivity index is 2.53. The smallest absolute Gasteiger partial charge is 0.106 e. The molecule has 4 heteroatoms. The number of nitrogens with zero attached hydrogens (tertiary/aromatic N) is 2. The van der Waals surface area contributed by atoms with Crippen LogP contribution in [0, 0.1) is 0 Å². The molecule has 86 valence electrons. The zero-order valence-corrected chi connectivity index (χ0v) is 10.0. The summed E-state index contributed by atoms with van der Waals surface area (Å²) in [7, 11) is 0. The van der Waals surface area contributed by atoms with Gasteiger partial charge in [0.2, 0.25) is 0 Å². The van der Waals surface area contributed by atoms with E-state index in [2.05, 4.69) is 16.7 Å². The lowest BCUT2D eigenvalue weighted by Crippen LogP contribution is -1.92. The van der Waals surface area contributed by atoms with E-state index in [1.807, 2.05) is 36.4 Å². The van der Waals surface area contributed by atoms with E-state index < -0.39 is 0 Å². The predicted molar refractivity (Wildman–Crippen MR) is 72.0 cm³/mol. The van der Waals surface area contributed by atoms with Crippen LogP contribution in [0.4, 0.5) is 0 Å². The van der Waals surface area contributed by atoms with Gasteiger partial charge in [0, 0.05) is 16.7 Å². The van der Waals surface area contributed by atoms with Crippen LogP contribution in [0.2, 0.25) is 0 Å². The van der Waals surface area contributed by atoms with Gasteiger partial charge in [0.05, 0.1) is 11.7 Å². The number of rotatable bonds is 4. The minimum Gasteiger partial charge on any atom is -0.411 e. The first-order chi connectivity index (χ1) is 8.35. The Morgan fingerprint density at radius 1 is 1.41 bits per heavy atom. The Labute approximate surface area is 104 Å². The molecule has 0 aliphatic rings. The summed E-state index contributed by atoms with van der Waals surface area (Å²) in [5.74, 6) is 0.775. The van der Waals surface area contributed by atoms with Crippen molar-refractivity contribution in [1.82, 2.24) is 4.98 Å². The molecule has 0 aliphatic carbocycles. The highest BCUT2D eigenvalue weighted by atomic mass is 32.2. The van der Waals surface area contributed by atoms with Crippen LogP contribution < -0.4 is 0 Å². The van der Waals surface area contributed by atoms with Crippen LogP contribution in [0.3, 0.4) is 0 Å². The van der Waals surface area contributed by atoms with E-state index in [0.717, 1.165) is 27.2 Å². The number of benzene rings is 1. The minimum absolute atomic E-state index is 0.775. The van der Waals surface area contributed by atoms with E-state index in [1.54, 1.807) is 11.8 Å². The summed E-state index contributed by atoms with van der Waals surface area (Å²) in [5, 5.41) is 13.6. The first-order valence-corrected chi connectivity index (χ1v) is 6.14. The van der Waals surface area contributed by atoms with Gasteiger partial charge in [-0.1, -0.05) is 29.4 Å². The molecule has 1 aromatic carbocycles. The summed E-state index contributed by atoms with van der Waals surface area (Å²) in [6.45, 7) is 3.68. The lowest BCUT2D eigenvalue weighted by molar-refractivity contribution is 0.321. The van der Waals surface area contributed by atoms with Crippen LogP contribution >= 0.6 is 11.8 Å². The van der Waals surface area contributed by atoms with Crippen molar-refractivity contribution in [2.75, 3.05) is 5.75 Å². The maximum absolute atomic E-state index is 8.65. The first kappa shape index (κ1) is 11.7. The fourth-order valence-electron chi connectivity index (χ4n) is 1.52. The molecule has 0 saturated heterocycles. The molecule has 1 aromatic heterocycles. The Kier molecular flexibility index (Phi) is 3.77. The van der Waals surface area contributed by atoms with E-state index in [1.165, 1.54) is 6.21 Å². The fourth-order valence-corrected chi connectivity index (χ4v) is 2.24. The van der Waals surface area contributed by atoms with E-state index in [-0.39, 0.29) is 0 Å². The molecule has 0 radical (unpaired) electrons. The number of hydrogen-bond acceptors (Lipinski definition) is 4. The highest BCUT2D eigenvalue weighted by Gasteiger charge is 2.05. The normalized spacial score (nSPS) is 11.1. The van der Waals surface area contributed by atoms with Crippen molar-refractivity contribution in [3.05, 3.63) is 48.6 Å². The number of hydrogen-bond donors (Lipinski definition) is 1. The van der Waals surface area contributed by atoms with Crippen molar-refractivity contribution < 1.29 is 5.21 Å². The topological polar surface area (TPSA) is 45.5 Å². The molecule has 1 N–H and O–H groups in total. The van der Waals surface area contributed by atoms with Crippen molar-refractivity contribution in [3.8, 4) is 0 Å². The maximum Gasteiger partial charge on any atom is 0.106 e. The van der Waals surface area contributed by atoms with E-state index >= 15 is 0 Å². The number of para-hydroxylation sites is 1. The Morgan fingerprint density at radius 3 is 3.00 bits per heavy atom. The van der Waals surface area contributed by atoms with Crippen molar-refractivity contribution >= 4 is 28.9 Å². The van der Waals surface area contributed by atoms with Gasteiger partial charge in [-0.2, -0.15) is 0 Å². The highest BCUT2D eigenvalue weighted by Crippen LogP contribution is 2.23.